The normalized spacial score (nSPS) is 11.5. The maximum absolute atomic E-state index is 5.73. The van der Waals surface area contributed by atoms with Gasteiger partial charge in [-0.2, -0.15) is 0 Å². The van der Waals surface area contributed by atoms with Crippen molar-refractivity contribution < 1.29 is 9.15 Å². The standard InChI is InChI=1S/C14H23NO2/c1-4-6-8-16-11-13-9-12(3)14(17-13)10-15-7-5-2/h4,6,9,15H,5,7-8,10-11H2,1-3H3. The second kappa shape index (κ2) is 8.09. The van der Waals surface area contributed by atoms with E-state index in [-0.39, 0.29) is 0 Å². The Hall–Kier alpha value is -1.06. The molecule has 0 saturated carbocycles. The van der Waals surface area contributed by atoms with Gasteiger partial charge >= 0.3 is 0 Å². The first-order valence-electron chi connectivity index (χ1n) is 6.25. The second-order valence-electron chi connectivity index (χ2n) is 4.08. The molecule has 1 N–H and O–H groups in total. The van der Waals surface area contributed by atoms with Crippen molar-refractivity contribution in [2.45, 2.75) is 40.3 Å². The van der Waals surface area contributed by atoms with Crippen LogP contribution in [0.5, 0.6) is 0 Å². The summed E-state index contributed by atoms with van der Waals surface area (Å²) in [4.78, 5) is 0. The van der Waals surface area contributed by atoms with Crippen LogP contribution in [0.1, 0.15) is 37.4 Å². The summed E-state index contributed by atoms with van der Waals surface area (Å²) in [5.74, 6) is 1.92. The molecule has 1 heterocycles. The minimum atomic E-state index is 0.541. The Balaban J connectivity index is 2.38. The summed E-state index contributed by atoms with van der Waals surface area (Å²) in [5.41, 5.74) is 1.19. The molecule has 0 aliphatic carbocycles. The van der Waals surface area contributed by atoms with Crippen molar-refractivity contribution in [3.05, 3.63) is 35.3 Å². The maximum atomic E-state index is 5.73. The molecule has 96 valence electrons. The number of rotatable bonds is 8. The van der Waals surface area contributed by atoms with Crippen molar-refractivity contribution in [3.63, 3.8) is 0 Å². The van der Waals surface area contributed by atoms with E-state index in [1.54, 1.807) is 0 Å². The average molecular weight is 237 g/mol. The highest BCUT2D eigenvalue weighted by Gasteiger charge is 2.06. The molecule has 0 aromatic carbocycles. The van der Waals surface area contributed by atoms with Gasteiger partial charge in [-0.25, -0.2) is 0 Å². The van der Waals surface area contributed by atoms with Crippen LogP contribution in [0.2, 0.25) is 0 Å². The van der Waals surface area contributed by atoms with Crippen molar-refractivity contribution in [1.29, 1.82) is 0 Å². The van der Waals surface area contributed by atoms with E-state index in [0.29, 0.717) is 13.2 Å². The summed E-state index contributed by atoms with van der Waals surface area (Å²) < 4.78 is 11.2. The van der Waals surface area contributed by atoms with Crippen LogP contribution < -0.4 is 5.32 Å². The van der Waals surface area contributed by atoms with Gasteiger partial charge in [-0.3, -0.25) is 0 Å². The Labute approximate surface area is 104 Å². The number of ether oxygens (including phenoxy) is 1. The van der Waals surface area contributed by atoms with Gasteiger partial charge in [0.1, 0.15) is 18.1 Å². The molecule has 0 aliphatic rings. The lowest BCUT2D eigenvalue weighted by Gasteiger charge is -2.01. The molecule has 1 aromatic rings. The zero-order valence-corrected chi connectivity index (χ0v) is 11.1. The van der Waals surface area contributed by atoms with Crippen LogP contribution in [0.4, 0.5) is 0 Å². The first-order valence-corrected chi connectivity index (χ1v) is 6.25. The van der Waals surface area contributed by atoms with Crippen molar-refractivity contribution in [1.82, 2.24) is 5.32 Å². The highest BCUT2D eigenvalue weighted by Crippen LogP contribution is 2.15. The smallest absolute Gasteiger partial charge is 0.130 e. The summed E-state index contributed by atoms with van der Waals surface area (Å²) in [7, 11) is 0. The van der Waals surface area contributed by atoms with Gasteiger partial charge in [-0.15, -0.1) is 0 Å². The number of aryl methyl sites for hydroxylation is 1. The lowest BCUT2D eigenvalue weighted by atomic mass is 10.2. The molecule has 0 amide bonds. The van der Waals surface area contributed by atoms with Gasteiger partial charge in [-0.05, 0) is 38.4 Å². The Morgan fingerprint density at radius 3 is 3.00 bits per heavy atom. The van der Waals surface area contributed by atoms with Crippen molar-refractivity contribution in [2.24, 2.45) is 0 Å². The van der Waals surface area contributed by atoms with Gasteiger partial charge in [0.15, 0.2) is 0 Å². The molecule has 17 heavy (non-hydrogen) atoms. The Kier molecular flexibility index (Phi) is 6.67. The van der Waals surface area contributed by atoms with Crippen molar-refractivity contribution in [3.8, 4) is 0 Å². The SMILES string of the molecule is CC=CCOCc1cc(C)c(CNCCC)o1. The van der Waals surface area contributed by atoms with Crippen LogP contribution >= 0.6 is 0 Å². The van der Waals surface area contributed by atoms with Crippen molar-refractivity contribution >= 4 is 0 Å². The van der Waals surface area contributed by atoms with Crippen LogP contribution in [-0.2, 0) is 17.9 Å². The molecule has 0 unspecified atom stereocenters. The minimum absolute atomic E-state index is 0.541. The molecule has 0 saturated heterocycles. The summed E-state index contributed by atoms with van der Waals surface area (Å²) in [6, 6.07) is 2.05. The highest BCUT2D eigenvalue weighted by molar-refractivity contribution is 5.19. The number of allylic oxidation sites excluding steroid dienone is 1. The molecule has 0 fully saturated rings. The fourth-order valence-corrected chi connectivity index (χ4v) is 1.54. The van der Waals surface area contributed by atoms with Gasteiger partial charge in [0.2, 0.25) is 0 Å². The zero-order chi connectivity index (χ0) is 12.5. The number of hydrogen-bond donors (Lipinski definition) is 1. The van der Waals surface area contributed by atoms with E-state index < -0.39 is 0 Å². The monoisotopic (exact) mass is 237 g/mol. The minimum Gasteiger partial charge on any atom is -0.462 e. The third-order valence-electron chi connectivity index (χ3n) is 2.48. The first-order chi connectivity index (χ1) is 8.27. The molecule has 3 nitrogen and oxygen atoms in total. The van der Waals surface area contributed by atoms with Gasteiger partial charge in [0.25, 0.3) is 0 Å². The van der Waals surface area contributed by atoms with E-state index in [9.17, 15) is 0 Å². The zero-order valence-electron chi connectivity index (χ0n) is 11.1. The Bertz CT molecular complexity index is 342. The summed E-state index contributed by atoms with van der Waals surface area (Å²) in [5, 5.41) is 3.34. The quantitative estimate of drug-likeness (QED) is 0.557. The van der Waals surface area contributed by atoms with Crippen LogP contribution in [0.15, 0.2) is 22.6 Å². The average Bonchev–Trinajstić information content (AvgIpc) is 2.66. The summed E-state index contributed by atoms with van der Waals surface area (Å²) in [6.07, 6.45) is 5.10. The van der Waals surface area contributed by atoms with E-state index in [0.717, 1.165) is 31.0 Å². The largest absolute Gasteiger partial charge is 0.462 e. The predicted octanol–water partition coefficient (Wildman–Crippen LogP) is 3.18. The Morgan fingerprint density at radius 1 is 1.47 bits per heavy atom. The van der Waals surface area contributed by atoms with E-state index in [1.165, 1.54) is 5.56 Å². The molecule has 0 bridgehead atoms. The van der Waals surface area contributed by atoms with Crippen LogP contribution in [0.3, 0.4) is 0 Å². The molecular formula is C14H23NO2. The van der Waals surface area contributed by atoms with Crippen LogP contribution in [0, 0.1) is 6.92 Å². The molecule has 0 spiro atoms. The molecule has 3 heteroatoms. The van der Waals surface area contributed by atoms with Gasteiger partial charge in [0.05, 0.1) is 13.2 Å². The van der Waals surface area contributed by atoms with Gasteiger partial charge in [0, 0.05) is 0 Å². The lowest BCUT2D eigenvalue weighted by Crippen LogP contribution is -2.13. The molecule has 0 atom stereocenters. The van der Waals surface area contributed by atoms with Gasteiger partial charge in [-0.1, -0.05) is 19.1 Å². The fraction of sp³-hybridized carbons (Fsp3) is 0.571. The molecule has 0 aliphatic heterocycles. The molecule has 0 radical (unpaired) electrons. The predicted molar refractivity (Wildman–Crippen MR) is 69.9 cm³/mol. The topological polar surface area (TPSA) is 34.4 Å². The number of nitrogens with one attached hydrogen (secondary N) is 1. The summed E-state index contributed by atoms with van der Waals surface area (Å²) in [6.45, 7) is 9.21. The van der Waals surface area contributed by atoms with E-state index >= 15 is 0 Å². The van der Waals surface area contributed by atoms with E-state index in [4.69, 9.17) is 9.15 Å². The first kappa shape index (κ1) is 14.0. The second-order valence-corrected chi connectivity index (χ2v) is 4.08. The fourth-order valence-electron chi connectivity index (χ4n) is 1.54. The third-order valence-corrected chi connectivity index (χ3v) is 2.48. The number of hydrogen-bond acceptors (Lipinski definition) is 3. The van der Waals surface area contributed by atoms with Crippen LogP contribution in [0.25, 0.3) is 0 Å². The molecule has 1 rings (SSSR count). The number of furan rings is 1. The van der Waals surface area contributed by atoms with Gasteiger partial charge < -0.3 is 14.5 Å². The van der Waals surface area contributed by atoms with E-state index in [2.05, 4.69) is 25.2 Å². The molecular weight excluding hydrogens is 214 g/mol. The Morgan fingerprint density at radius 2 is 2.29 bits per heavy atom. The highest BCUT2D eigenvalue weighted by atomic mass is 16.5. The maximum Gasteiger partial charge on any atom is 0.130 e. The summed E-state index contributed by atoms with van der Waals surface area (Å²) >= 11 is 0. The van der Waals surface area contributed by atoms with E-state index in [1.807, 2.05) is 19.1 Å². The lowest BCUT2D eigenvalue weighted by molar-refractivity contribution is 0.130. The van der Waals surface area contributed by atoms with Crippen molar-refractivity contribution in [2.75, 3.05) is 13.2 Å². The third kappa shape index (κ3) is 5.20. The molecule has 1 aromatic heterocycles. The van der Waals surface area contributed by atoms with Crippen LogP contribution in [-0.4, -0.2) is 13.2 Å².